The van der Waals surface area contributed by atoms with Crippen LogP contribution in [0.2, 0.25) is 0 Å². The monoisotopic (exact) mass is 374 g/mol. The lowest BCUT2D eigenvalue weighted by atomic mass is 10.1. The highest BCUT2D eigenvalue weighted by atomic mass is 79.9. The van der Waals surface area contributed by atoms with E-state index in [1.807, 2.05) is 18.2 Å². The van der Waals surface area contributed by atoms with Gasteiger partial charge >= 0.3 is 5.97 Å². The summed E-state index contributed by atoms with van der Waals surface area (Å²) in [6.07, 6.45) is 0. The van der Waals surface area contributed by atoms with E-state index in [0.29, 0.717) is 12.1 Å². The lowest BCUT2D eigenvalue weighted by Crippen LogP contribution is -2.46. The number of para-hydroxylation sites is 1. The highest BCUT2D eigenvalue weighted by molar-refractivity contribution is 9.10. The highest BCUT2D eigenvalue weighted by Crippen LogP contribution is 2.26. The van der Waals surface area contributed by atoms with Crippen molar-refractivity contribution >= 4 is 27.6 Å². The molecule has 0 aromatic heterocycles. The minimum atomic E-state index is -0.854. The van der Waals surface area contributed by atoms with Crippen LogP contribution in [0.15, 0.2) is 53.0 Å². The van der Waals surface area contributed by atoms with E-state index in [0.717, 1.165) is 36.2 Å². The second-order valence-corrected chi connectivity index (χ2v) is 6.53. The molecule has 1 heterocycles. The molecule has 0 unspecified atom stereocenters. The Hall–Kier alpha value is -1.85. The molecule has 1 saturated heterocycles. The standard InChI is InChI=1S/C18H19BrN2O2/c19-16-7-3-4-8-17(16)21-11-9-20(10-12-21)13-14-5-1-2-6-15(14)18(22)23/h1-8H,9-13H2,(H,22,23). The summed E-state index contributed by atoms with van der Waals surface area (Å²) in [5.74, 6) is -0.854. The number of carboxylic acids is 1. The molecule has 120 valence electrons. The predicted molar refractivity (Wildman–Crippen MR) is 95.0 cm³/mol. The van der Waals surface area contributed by atoms with Crippen LogP contribution in [0.1, 0.15) is 15.9 Å². The summed E-state index contributed by atoms with van der Waals surface area (Å²) < 4.78 is 1.12. The molecule has 23 heavy (non-hydrogen) atoms. The lowest BCUT2D eigenvalue weighted by Gasteiger charge is -2.36. The minimum absolute atomic E-state index is 0.403. The first-order valence-corrected chi connectivity index (χ1v) is 8.47. The fourth-order valence-corrected chi connectivity index (χ4v) is 3.50. The van der Waals surface area contributed by atoms with E-state index in [4.69, 9.17) is 0 Å². The van der Waals surface area contributed by atoms with Gasteiger partial charge in [-0.1, -0.05) is 30.3 Å². The molecule has 0 saturated carbocycles. The van der Waals surface area contributed by atoms with Gasteiger partial charge in [-0.15, -0.1) is 0 Å². The number of nitrogens with zero attached hydrogens (tertiary/aromatic N) is 2. The van der Waals surface area contributed by atoms with Crippen molar-refractivity contribution in [2.24, 2.45) is 0 Å². The number of carbonyl (C=O) groups is 1. The molecule has 1 aliphatic heterocycles. The largest absolute Gasteiger partial charge is 0.478 e. The second-order valence-electron chi connectivity index (χ2n) is 5.68. The van der Waals surface area contributed by atoms with Crippen LogP contribution in [0.3, 0.4) is 0 Å². The van der Waals surface area contributed by atoms with E-state index >= 15 is 0 Å². The van der Waals surface area contributed by atoms with Gasteiger partial charge in [0.1, 0.15) is 0 Å². The summed E-state index contributed by atoms with van der Waals surface area (Å²) >= 11 is 3.61. The van der Waals surface area contributed by atoms with Crippen LogP contribution in [-0.2, 0) is 6.54 Å². The van der Waals surface area contributed by atoms with Crippen molar-refractivity contribution in [3.8, 4) is 0 Å². The Morgan fingerprint density at radius 3 is 2.35 bits per heavy atom. The first-order chi connectivity index (χ1) is 11.1. The van der Waals surface area contributed by atoms with E-state index in [1.54, 1.807) is 12.1 Å². The molecule has 0 atom stereocenters. The topological polar surface area (TPSA) is 43.8 Å². The number of hydrogen-bond donors (Lipinski definition) is 1. The minimum Gasteiger partial charge on any atom is -0.478 e. The van der Waals surface area contributed by atoms with Gasteiger partial charge in [-0.25, -0.2) is 4.79 Å². The number of aromatic carboxylic acids is 1. The van der Waals surface area contributed by atoms with Gasteiger partial charge in [0.25, 0.3) is 0 Å². The Bertz CT molecular complexity index is 697. The van der Waals surface area contributed by atoms with Gasteiger partial charge < -0.3 is 10.0 Å². The van der Waals surface area contributed by atoms with Gasteiger partial charge in [0.15, 0.2) is 0 Å². The van der Waals surface area contributed by atoms with Gasteiger partial charge in [0.05, 0.1) is 11.3 Å². The zero-order valence-electron chi connectivity index (χ0n) is 12.8. The molecule has 0 amide bonds. The quantitative estimate of drug-likeness (QED) is 0.889. The summed E-state index contributed by atoms with van der Waals surface area (Å²) in [6.45, 7) is 4.42. The fraction of sp³-hybridized carbons (Fsp3) is 0.278. The molecule has 1 fully saturated rings. The lowest BCUT2D eigenvalue weighted by molar-refractivity contribution is 0.0694. The van der Waals surface area contributed by atoms with Crippen molar-refractivity contribution in [2.45, 2.75) is 6.54 Å². The molecule has 0 bridgehead atoms. The maximum atomic E-state index is 11.3. The summed E-state index contributed by atoms with van der Waals surface area (Å²) in [5.41, 5.74) is 2.51. The average molecular weight is 375 g/mol. The van der Waals surface area contributed by atoms with Crippen LogP contribution in [0.25, 0.3) is 0 Å². The molecule has 3 rings (SSSR count). The Balaban J connectivity index is 1.64. The smallest absolute Gasteiger partial charge is 0.336 e. The fourth-order valence-electron chi connectivity index (χ4n) is 2.96. The SMILES string of the molecule is O=C(O)c1ccccc1CN1CCN(c2ccccc2Br)CC1. The average Bonchev–Trinajstić information content (AvgIpc) is 2.56. The number of benzene rings is 2. The highest BCUT2D eigenvalue weighted by Gasteiger charge is 2.20. The van der Waals surface area contributed by atoms with E-state index in [9.17, 15) is 9.90 Å². The zero-order chi connectivity index (χ0) is 16.2. The van der Waals surface area contributed by atoms with Crippen molar-refractivity contribution in [1.82, 2.24) is 4.90 Å². The first kappa shape index (κ1) is 16.0. The van der Waals surface area contributed by atoms with E-state index in [1.165, 1.54) is 5.69 Å². The van der Waals surface area contributed by atoms with Crippen molar-refractivity contribution in [3.05, 3.63) is 64.1 Å². The number of halogens is 1. The molecule has 5 heteroatoms. The number of piperazine rings is 1. The molecule has 2 aromatic rings. The van der Waals surface area contributed by atoms with E-state index < -0.39 is 5.97 Å². The Morgan fingerprint density at radius 2 is 1.65 bits per heavy atom. The van der Waals surface area contributed by atoms with Crippen LogP contribution < -0.4 is 4.90 Å². The molecular formula is C18H19BrN2O2. The molecule has 1 aliphatic rings. The third-order valence-corrected chi connectivity index (χ3v) is 4.88. The first-order valence-electron chi connectivity index (χ1n) is 7.68. The molecular weight excluding hydrogens is 356 g/mol. The molecule has 4 nitrogen and oxygen atoms in total. The van der Waals surface area contributed by atoms with Gasteiger partial charge in [0, 0.05) is 37.2 Å². The third kappa shape index (κ3) is 3.74. The molecule has 2 aromatic carbocycles. The number of rotatable bonds is 4. The van der Waals surface area contributed by atoms with E-state index in [2.05, 4.69) is 43.9 Å². The number of hydrogen-bond acceptors (Lipinski definition) is 3. The molecule has 0 aliphatic carbocycles. The van der Waals surface area contributed by atoms with Crippen molar-refractivity contribution in [2.75, 3.05) is 31.1 Å². The third-order valence-electron chi connectivity index (χ3n) is 4.21. The molecule has 0 radical (unpaired) electrons. The summed E-state index contributed by atoms with van der Waals surface area (Å²) in [7, 11) is 0. The maximum absolute atomic E-state index is 11.3. The van der Waals surface area contributed by atoms with Gasteiger partial charge in [0.2, 0.25) is 0 Å². The van der Waals surface area contributed by atoms with E-state index in [-0.39, 0.29) is 0 Å². The Labute approximate surface area is 144 Å². The molecule has 1 N–H and O–H groups in total. The van der Waals surface area contributed by atoms with Crippen LogP contribution in [0, 0.1) is 0 Å². The van der Waals surface area contributed by atoms with Crippen LogP contribution in [-0.4, -0.2) is 42.2 Å². The summed E-state index contributed by atoms with van der Waals surface area (Å²) in [4.78, 5) is 16.0. The van der Waals surface area contributed by atoms with Crippen molar-refractivity contribution in [3.63, 3.8) is 0 Å². The van der Waals surface area contributed by atoms with Gasteiger partial charge in [-0.05, 0) is 39.7 Å². The summed E-state index contributed by atoms with van der Waals surface area (Å²) in [6, 6.07) is 15.5. The predicted octanol–water partition coefficient (Wildman–Crippen LogP) is 3.47. The van der Waals surface area contributed by atoms with Crippen LogP contribution in [0.4, 0.5) is 5.69 Å². The maximum Gasteiger partial charge on any atom is 0.336 e. The molecule has 0 spiro atoms. The van der Waals surface area contributed by atoms with Crippen LogP contribution in [0.5, 0.6) is 0 Å². The van der Waals surface area contributed by atoms with Crippen LogP contribution >= 0.6 is 15.9 Å². The van der Waals surface area contributed by atoms with Crippen molar-refractivity contribution < 1.29 is 9.90 Å². The normalized spacial score (nSPS) is 15.6. The second kappa shape index (κ2) is 7.15. The van der Waals surface area contributed by atoms with Crippen molar-refractivity contribution in [1.29, 1.82) is 0 Å². The number of anilines is 1. The Morgan fingerprint density at radius 1 is 1.00 bits per heavy atom. The van der Waals surface area contributed by atoms with Gasteiger partial charge in [-0.2, -0.15) is 0 Å². The zero-order valence-corrected chi connectivity index (χ0v) is 14.4. The number of carboxylic acid groups (broad SMARTS) is 1. The van der Waals surface area contributed by atoms with Gasteiger partial charge in [-0.3, -0.25) is 4.90 Å². The summed E-state index contributed by atoms with van der Waals surface area (Å²) in [5, 5.41) is 9.28. The Kier molecular flexibility index (Phi) is 4.98.